The highest BCUT2D eigenvalue weighted by molar-refractivity contribution is 6.32. The van der Waals surface area contributed by atoms with E-state index in [1.54, 1.807) is 46.8 Å². The van der Waals surface area contributed by atoms with Crippen LogP contribution in [0.5, 0.6) is 0 Å². The van der Waals surface area contributed by atoms with Gasteiger partial charge in [-0.1, -0.05) is 112 Å². The highest BCUT2D eigenvalue weighted by Crippen LogP contribution is 2.43. The molecule has 0 aromatic heterocycles. The fourth-order valence-electron chi connectivity index (χ4n) is 5.63. The number of rotatable bonds is 17. The van der Waals surface area contributed by atoms with E-state index in [9.17, 15) is 9.59 Å². The summed E-state index contributed by atoms with van der Waals surface area (Å²) >= 11 is 0. The molecule has 0 heterocycles. The number of hydrogen-bond donors (Lipinski definition) is 1. The van der Waals surface area contributed by atoms with Crippen LogP contribution >= 0.6 is 0 Å². The summed E-state index contributed by atoms with van der Waals surface area (Å²) in [5, 5.41) is 2.68. The van der Waals surface area contributed by atoms with E-state index in [0.717, 1.165) is 16.7 Å². The van der Waals surface area contributed by atoms with Gasteiger partial charge in [-0.15, -0.1) is 0 Å². The molecule has 2 atom stereocenters. The van der Waals surface area contributed by atoms with Crippen LogP contribution in [-0.4, -0.2) is 78.0 Å². The number of carbonyl (C=O) groups excluding carboxylic acids is 2. The Morgan fingerprint density at radius 1 is 0.796 bits per heavy atom. The third-order valence-electron chi connectivity index (χ3n) is 7.89. The monoisotopic (exact) mass is 692 g/mol. The number of hydrogen-bond acceptors (Lipinski definition) is 7. The van der Waals surface area contributed by atoms with E-state index in [4.69, 9.17) is 23.4 Å². The number of nitrogens with zero attached hydrogens (tertiary/aromatic N) is 1. The Labute approximate surface area is 295 Å². The maximum absolute atomic E-state index is 14.8. The zero-order valence-corrected chi connectivity index (χ0v) is 32.1. The standard InChI is InChI=1S/C39H56N2O7Si/c1-29(40-36(43)47-37(2,3)4)35(42)41(27-34(44-8)45-9)33(25-26-46-28-30-19-13-10-14-20-30)39(48-49-38(5,6)7,31-21-15-11-16-22-31)32-23-17-12-18-24-32/h10-24,29,33-34H,25-28,49H2,1-9H3,(H,40,43)/t29-,33-/m0/s1. The second-order valence-corrected chi connectivity index (χ2v) is 17.1. The van der Waals surface area contributed by atoms with Gasteiger partial charge in [0.1, 0.15) is 17.2 Å². The van der Waals surface area contributed by atoms with E-state index in [1.165, 1.54) is 0 Å². The lowest BCUT2D eigenvalue weighted by atomic mass is 9.77. The number of alkyl carbamates (subject to hydrolysis) is 1. The van der Waals surface area contributed by atoms with Gasteiger partial charge in [0.15, 0.2) is 16.1 Å². The summed E-state index contributed by atoms with van der Waals surface area (Å²) in [4.78, 5) is 29.4. The molecule has 0 saturated heterocycles. The van der Waals surface area contributed by atoms with E-state index >= 15 is 0 Å². The van der Waals surface area contributed by atoms with Gasteiger partial charge in [0.05, 0.1) is 19.2 Å². The van der Waals surface area contributed by atoms with Gasteiger partial charge >= 0.3 is 6.09 Å². The first kappa shape index (κ1) is 39.9. The predicted molar refractivity (Wildman–Crippen MR) is 196 cm³/mol. The van der Waals surface area contributed by atoms with E-state index in [-0.39, 0.29) is 17.5 Å². The lowest BCUT2D eigenvalue weighted by Gasteiger charge is -2.49. The quantitative estimate of drug-likeness (QED) is 0.0970. The zero-order valence-electron chi connectivity index (χ0n) is 30.7. The average molecular weight is 693 g/mol. The van der Waals surface area contributed by atoms with Crippen LogP contribution in [0.15, 0.2) is 91.0 Å². The van der Waals surface area contributed by atoms with Crippen LogP contribution in [0.1, 0.15) is 71.6 Å². The molecule has 0 aliphatic heterocycles. The molecule has 49 heavy (non-hydrogen) atoms. The van der Waals surface area contributed by atoms with Crippen LogP contribution < -0.4 is 5.32 Å². The number of ether oxygens (including phenoxy) is 4. The molecule has 0 aliphatic rings. The van der Waals surface area contributed by atoms with E-state index in [0.29, 0.717) is 19.6 Å². The highest BCUT2D eigenvalue weighted by atomic mass is 28.2. The van der Waals surface area contributed by atoms with Crippen molar-refractivity contribution < 1.29 is 33.0 Å². The molecule has 9 nitrogen and oxygen atoms in total. The molecular formula is C39H56N2O7Si. The van der Waals surface area contributed by atoms with Crippen LogP contribution in [-0.2, 0) is 40.4 Å². The Hall–Kier alpha value is -3.54. The molecule has 3 rings (SSSR count). The van der Waals surface area contributed by atoms with Gasteiger partial charge in [0, 0.05) is 20.8 Å². The Bertz CT molecular complexity index is 1370. The largest absolute Gasteiger partial charge is 0.444 e. The van der Waals surface area contributed by atoms with Gasteiger partial charge in [0.2, 0.25) is 5.91 Å². The van der Waals surface area contributed by atoms with Crippen molar-refractivity contribution >= 4 is 21.8 Å². The molecule has 0 fully saturated rings. The van der Waals surface area contributed by atoms with Crippen LogP contribution in [0.2, 0.25) is 5.04 Å². The summed E-state index contributed by atoms with van der Waals surface area (Å²) in [6.07, 6.45) is -1.03. The van der Waals surface area contributed by atoms with Crippen molar-refractivity contribution in [3.05, 3.63) is 108 Å². The minimum atomic E-state index is -1.24. The van der Waals surface area contributed by atoms with Gasteiger partial charge in [-0.05, 0) is 55.8 Å². The van der Waals surface area contributed by atoms with Gasteiger partial charge in [0.25, 0.3) is 0 Å². The van der Waals surface area contributed by atoms with Crippen LogP contribution in [0.3, 0.4) is 0 Å². The van der Waals surface area contributed by atoms with Crippen molar-refractivity contribution in [1.29, 1.82) is 0 Å². The molecule has 268 valence electrons. The smallest absolute Gasteiger partial charge is 0.408 e. The van der Waals surface area contributed by atoms with Gasteiger partial charge in [-0.3, -0.25) is 4.79 Å². The van der Waals surface area contributed by atoms with Crippen molar-refractivity contribution in [2.75, 3.05) is 27.4 Å². The molecule has 3 aromatic rings. The molecule has 1 N–H and O–H groups in total. The van der Waals surface area contributed by atoms with Gasteiger partial charge < -0.3 is 33.6 Å². The molecular weight excluding hydrogens is 637 g/mol. The molecule has 0 saturated carbocycles. The van der Waals surface area contributed by atoms with E-state index in [1.807, 2.05) is 66.7 Å². The summed E-state index contributed by atoms with van der Waals surface area (Å²) in [5.41, 5.74) is 1.02. The Balaban J connectivity index is 2.23. The fourth-order valence-corrected chi connectivity index (χ4v) is 6.81. The summed E-state index contributed by atoms with van der Waals surface area (Å²) in [6, 6.07) is 28.5. The lowest BCUT2D eigenvalue weighted by molar-refractivity contribution is -0.159. The molecule has 0 unspecified atom stereocenters. The first-order valence-electron chi connectivity index (χ1n) is 16.9. The number of amides is 2. The normalized spacial score (nSPS) is 13.8. The van der Waals surface area contributed by atoms with Gasteiger partial charge in [-0.2, -0.15) is 0 Å². The summed E-state index contributed by atoms with van der Waals surface area (Å²) < 4.78 is 30.5. The van der Waals surface area contributed by atoms with E-state index < -0.39 is 45.4 Å². The highest BCUT2D eigenvalue weighted by Gasteiger charge is 2.49. The number of nitrogens with one attached hydrogen (secondary N) is 1. The second kappa shape index (κ2) is 18.5. The molecule has 3 aromatic carbocycles. The van der Waals surface area contributed by atoms with Crippen LogP contribution in [0, 0.1) is 0 Å². The van der Waals surface area contributed by atoms with E-state index in [2.05, 4.69) is 50.4 Å². The predicted octanol–water partition coefficient (Wildman–Crippen LogP) is 6.59. The number of carbonyl (C=O) groups is 2. The summed E-state index contributed by atoms with van der Waals surface area (Å²) in [5.74, 6) is -0.338. The van der Waals surface area contributed by atoms with Crippen molar-refractivity contribution in [3.63, 3.8) is 0 Å². The third-order valence-corrected chi connectivity index (χ3v) is 9.35. The Kier molecular flexibility index (Phi) is 15.0. The first-order valence-corrected chi connectivity index (χ1v) is 18.2. The van der Waals surface area contributed by atoms with Gasteiger partial charge in [-0.25, -0.2) is 4.79 Å². The minimum Gasteiger partial charge on any atom is -0.444 e. The van der Waals surface area contributed by atoms with Crippen molar-refractivity contribution in [1.82, 2.24) is 10.2 Å². The SMILES string of the molecule is COC(CN(C(=O)[C@H](C)NC(=O)OC(C)(C)C)[C@@H](CCOCc1ccccc1)C(O[SiH2]C(C)(C)C)(c1ccccc1)c1ccccc1)OC. The minimum absolute atomic E-state index is 0.0668. The topological polar surface area (TPSA) is 95.6 Å². The van der Waals surface area contributed by atoms with Crippen molar-refractivity contribution in [3.8, 4) is 0 Å². The number of benzene rings is 3. The molecule has 0 aliphatic carbocycles. The molecule has 0 radical (unpaired) electrons. The first-order chi connectivity index (χ1) is 23.2. The average Bonchev–Trinajstić information content (AvgIpc) is 3.06. The fraction of sp³-hybridized carbons (Fsp3) is 0.487. The molecule has 2 amide bonds. The zero-order chi connectivity index (χ0) is 36.1. The van der Waals surface area contributed by atoms with Crippen LogP contribution in [0.25, 0.3) is 0 Å². The van der Waals surface area contributed by atoms with Crippen molar-refractivity contribution in [2.45, 2.75) is 96.1 Å². The third kappa shape index (κ3) is 12.1. The maximum Gasteiger partial charge on any atom is 0.408 e. The molecule has 0 spiro atoms. The Morgan fingerprint density at radius 2 is 1.31 bits per heavy atom. The maximum atomic E-state index is 14.8. The van der Waals surface area contributed by atoms with Crippen LogP contribution in [0.4, 0.5) is 4.79 Å². The lowest BCUT2D eigenvalue weighted by Crippen LogP contribution is -2.61. The molecule has 10 heteroatoms. The number of methoxy groups -OCH3 is 2. The summed E-state index contributed by atoms with van der Waals surface area (Å²) in [6.45, 7) is 14.3. The van der Waals surface area contributed by atoms with Crippen molar-refractivity contribution in [2.24, 2.45) is 0 Å². The molecule has 0 bridgehead atoms. The summed E-state index contributed by atoms with van der Waals surface area (Å²) in [7, 11) is 1.85. The Morgan fingerprint density at radius 3 is 1.78 bits per heavy atom. The second-order valence-electron chi connectivity index (χ2n) is 14.4.